The molecule has 0 atom stereocenters. The molecule has 0 saturated heterocycles. The van der Waals surface area contributed by atoms with Gasteiger partial charge >= 0.3 is 5.97 Å². The first-order chi connectivity index (χ1) is 9.69. The largest absolute Gasteiger partial charge is 0.481 e. The van der Waals surface area contributed by atoms with Gasteiger partial charge in [0.15, 0.2) is 12.9 Å². The van der Waals surface area contributed by atoms with E-state index in [0.29, 0.717) is 24.0 Å². The number of benzene rings is 2. The van der Waals surface area contributed by atoms with Gasteiger partial charge in [-0.1, -0.05) is 36.4 Å². The SMILES string of the molecule is O=Cc1cc(Cc2ccccc2)ccc1OCC(=O)O. The molecule has 0 aliphatic heterocycles. The van der Waals surface area contributed by atoms with Crippen LogP contribution in [0.1, 0.15) is 21.5 Å². The van der Waals surface area contributed by atoms with E-state index in [2.05, 4.69) is 0 Å². The van der Waals surface area contributed by atoms with Crippen molar-refractivity contribution in [2.45, 2.75) is 6.42 Å². The monoisotopic (exact) mass is 270 g/mol. The molecular weight excluding hydrogens is 256 g/mol. The number of hydrogen-bond donors (Lipinski definition) is 1. The molecule has 0 fully saturated rings. The smallest absolute Gasteiger partial charge is 0.341 e. The van der Waals surface area contributed by atoms with E-state index in [-0.39, 0.29) is 0 Å². The van der Waals surface area contributed by atoms with Crippen LogP contribution in [0.15, 0.2) is 48.5 Å². The number of carbonyl (C=O) groups is 2. The molecule has 1 N–H and O–H groups in total. The second-order valence-corrected chi connectivity index (χ2v) is 4.33. The fourth-order valence-electron chi connectivity index (χ4n) is 1.90. The summed E-state index contributed by atoms with van der Waals surface area (Å²) in [6, 6.07) is 15.1. The first-order valence-corrected chi connectivity index (χ1v) is 6.15. The van der Waals surface area contributed by atoms with E-state index in [9.17, 15) is 9.59 Å². The van der Waals surface area contributed by atoms with Crippen LogP contribution >= 0.6 is 0 Å². The summed E-state index contributed by atoms with van der Waals surface area (Å²) in [5, 5.41) is 8.57. The van der Waals surface area contributed by atoms with E-state index in [4.69, 9.17) is 9.84 Å². The van der Waals surface area contributed by atoms with E-state index < -0.39 is 12.6 Å². The van der Waals surface area contributed by atoms with E-state index in [1.807, 2.05) is 36.4 Å². The Morgan fingerprint density at radius 3 is 2.50 bits per heavy atom. The molecule has 0 aromatic heterocycles. The van der Waals surface area contributed by atoms with Crippen LogP contribution < -0.4 is 4.74 Å². The number of carbonyl (C=O) groups excluding carboxylic acids is 1. The standard InChI is InChI=1S/C16H14O4/c17-10-14-9-13(8-12-4-2-1-3-5-12)6-7-15(14)20-11-16(18)19/h1-7,9-10H,8,11H2,(H,18,19). The zero-order valence-corrected chi connectivity index (χ0v) is 10.8. The summed E-state index contributed by atoms with van der Waals surface area (Å²) in [6.45, 7) is -0.459. The Balaban J connectivity index is 2.16. The first kappa shape index (κ1) is 13.8. The van der Waals surface area contributed by atoms with Gasteiger partial charge in [0, 0.05) is 0 Å². The quantitative estimate of drug-likeness (QED) is 0.819. The summed E-state index contributed by atoms with van der Waals surface area (Å²) in [6.07, 6.45) is 1.38. The highest BCUT2D eigenvalue weighted by Gasteiger charge is 2.07. The Morgan fingerprint density at radius 1 is 1.10 bits per heavy atom. The first-order valence-electron chi connectivity index (χ1n) is 6.15. The molecule has 2 aromatic rings. The highest BCUT2D eigenvalue weighted by molar-refractivity contribution is 5.80. The van der Waals surface area contributed by atoms with Gasteiger partial charge in [-0.3, -0.25) is 4.79 Å². The van der Waals surface area contributed by atoms with Gasteiger partial charge in [0.2, 0.25) is 0 Å². The van der Waals surface area contributed by atoms with Crippen molar-refractivity contribution in [3.63, 3.8) is 0 Å². The molecule has 4 heteroatoms. The molecule has 4 nitrogen and oxygen atoms in total. The summed E-state index contributed by atoms with van der Waals surface area (Å²) in [5.41, 5.74) is 2.48. The lowest BCUT2D eigenvalue weighted by molar-refractivity contribution is -0.139. The van der Waals surface area contributed by atoms with E-state index in [1.165, 1.54) is 0 Å². The third-order valence-electron chi connectivity index (χ3n) is 2.80. The molecule has 0 spiro atoms. The van der Waals surface area contributed by atoms with Crippen LogP contribution in [0.3, 0.4) is 0 Å². The van der Waals surface area contributed by atoms with Crippen LogP contribution in [0.25, 0.3) is 0 Å². The predicted molar refractivity (Wildman–Crippen MR) is 74.2 cm³/mol. The molecule has 0 saturated carbocycles. The molecule has 0 amide bonds. The lowest BCUT2D eigenvalue weighted by Crippen LogP contribution is -2.10. The molecule has 0 aliphatic carbocycles. The van der Waals surface area contributed by atoms with Crippen LogP contribution in [0.4, 0.5) is 0 Å². The molecule has 0 aliphatic rings. The average molecular weight is 270 g/mol. The van der Waals surface area contributed by atoms with Gasteiger partial charge in [0.25, 0.3) is 0 Å². The van der Waals surface area contributed by atoms with Gasteiger partial charge in [-0.2, -0.15) is 0 Å². The van der Waals surface area contributed by atoms with Gasteiger partial charge in [-0.05, 0) is 29.7 Å². The molecule has 2 rings (SSSR count). The van der Waals surface area contributed by atoms with Gasteiger partial charge in [0.1, 0.15) is 5.75 Å². The predicted octanol–water partition coefficient (Wildman–Crippen LogP) is 2.55. The Bertz CT molecular complexity index is 605. The topological polar surface area (TPSA) is 63.6 Å². The van der Waals surface area contributed by atoms with Crippen molar-refractivity contribution in [2.75, 3.05) is 6.61 Å². The van der Waals surface area contributed by atoms with Gasteiger partial charge in [-0.15, -0.1) is 0 Å². The summed E-state index contributed by atoms with van der Waals surface area (Å²) < 4.78 is 5.06. The van der Waals surface area contributed by atoms with Crippen molar-refractivity contribution in [1.29, 1.82) is 0 Å². The van der Waals surface area contributed by atoms with Crippen LogP contribution in [0.5, 0.6) is 5.75 Å². The van der Waals surface area contributed by atoms with Crippen molar-refractivity contribution >= 4 is 12.3 Å². The summed E-state index contributed by atoms with van der Waals surface area (Å²) in [5.74, 6) is -0.783. The Hall–Kier alpha value is -2.62. The van der Waals surface area contributed by atoms with Crippen molar-refractivity contribution in [3.05, 3.63) is 65.2 Å². The van der Waals surface area contributed by atoms with E-state index in [0.717, 1.165) is 11.1 Å². The third kappa shape index (κ3) is 3.68. The Morgan fingerprint density at radius 2 is 1.85 bits per heavy atom. The van der Waals surface area contributed by atoms with Crippen LogP contribution in [0, 0.1) is 0 Å². The molecule has 2 aromatic carbocycles. The van der Waals surface area contributed by atoms with Gasteiger partial charge < -0.3 is 9.84 Å². The summed E-state index contributed by atoms with van der Waals surface area (Å²) in [7, 11) is 0. The molecule has 0 heterocycles. The van der Waals surface area contributed by atoms with Crippen molar-refractivity contribution in [2.24, 2.45) is 0 Å². The number of ether oxygens (including phenoxy) is 1. The van der Waals surface area contributed by atoms with Crippen molar-refractivity contribution in [3.8, 4) is 5.75 Å². The lowest BCUT2D eigenvalue weighted by Gasteiger charge is -2.08. The third-order valence-corrected chi connectivity index (χ3v) is 2.80. The van der Waals surface area contributed by atoms with E-state index in [1.54, 1.807) is 12.1 Å². The zero-order valence-electron chi connectivity index (χ0n) is 10.8. The second kappa shape index (κ2) is 6.52. The molecular formula is C16H14O4. The zero-order chi connectivity index (χ0) is 14.4. The fourth-order valence-corrected chi connectivity index (χ4v) is 1.90. The molecule has 0 unspecified atom stereocenters. The second-order valence-electron chi connectivity index (χ2n) is 4.33. The maximum absolute atomic E-state index is 11.0. The van der Waals surface area contributed by atoms with Crippen LogP contribution in [-0.4, -0.2) is 24.0 Å². The minimum Gasteiger partial charge on any atom is -0.481 e. The molecule has 0 bridgehead atoms. The maximum Gasteiger partial charge on any atom is 0.341 e. The van der Waals surface area contributed by atoms with Gasteiger partial charge in [-0.25, -0.2) is 4.79 Å². The fraction of sp³-hybridized carbons (Fsp3) is 0.125. The normalized spacial score (nSPS) is 10.0. The average Bonchev–Trinajstić information content (AvgIpc) is 2.46. The highest BCUT2D eigenvalue weighted by atomic mass is 16.5. The summed E-state index contributed by atoms with van der Waals surface area (Å²) >= 11 is 0. The maximum atomic E-state index is 11.0. The van der Waals surface area contributed by atoms with Crippen molar-refractivity contribution in [1.82, 2.24) is 0 Å². The lowest BCUT2D eigenvalue weighted by atomic mass is 10.0. The number of carboxylic acid groups (broad SMARTS) is 1. The van der Waals surface area contributed by atoms with Crippen LogP contribution in [-0.2, 0) is 11.2 Å². The molecule has 102 valence electrons. The summed E-state index contributed by atoms with van der Waals surface area (Å²) in [4.78, 5) is 21.5. The highest BCUT2D eigenvalue weighted by Crippen LogP contribution is 2.20. The minimum atomic E-state index is -1.07. The van der Waals surface area contributed by atoms with E-state index >= 15 is 0 Å². The number of aliphatic carboxylic acids is 1. The minimum absolute atomic E-state index is 0.291. The number of hydrogen-bond acceptors (Lipinski definition) is 3. The molecule has 20 heavy (non-hydrogen) atoms. The number of carboxylic acids is 1. The Kier molecular flexibility index (Phi) is 4.50. The number of rotatable bonds is 6. The Labute approximate surface area is 116 Å². The molecule has 0 radical (unpaired) electrons. The van der Waals surface area contributed by atoms with Gasteiger partial charge in [0.05, 0.1) is 5.56 Å². The van der Waals surface area contributed by atoms with Crippen LogP contribution in [0.2, 0.25) is 0 Å². The number of aldehydes is 1. The van der Waals surface area contributed by atoms with Crippen molar-refractivity contribution < 1.29 is 19.4 Å².